The average Bonchev–Trinajstić information content (AvgIpc) is 2.36. The lowest BCUT2D eigenvalue weighted by atomic mass is 10.1. The first-order chi connectivity index (χ1) is 7.86. The standard InChI is InChI=1S/C13H17N3/c1-3-4-9-12-10-7-5-6-8-11(10)13(14-2)16-15-12/h5-8H,3-4,9H2,1-2H3,(H,14,16). The highest BCUT2D eigenvalue weighted by Gasteiger charge is 2.06. The minimum atomic E-state index is 0.857. The summed E-state index contributed by atoms with van der Waals surface area (Å²) >= 11 is 0. The molecule has 0 unspecified atom stereocenters. The quantitative estimate of drug-likeness (QED) is 0.852. The van der Waals surface area contributed by atoms with Crippen LogP contribution in [0, 0.1) is 0 Å². The van der Waals surface area contributed by atoms with Gasteiger partial charge in [0.15, 0.2) is 5.82 Å². The second-order valence-corrected chi connectivity index (χ2v) is 3.89. The average molecular weight is 215 g/mol. The van der Waals surface area contributed by atoms with Crippen LogP contribution in [0.5, 0.6) is 0 Å². The third kappa shape index (κ3) is 1.98. The Morgan fingerprint density at radius 2 is 1.88 bits per heavy atom. The van der Waals surface area contributed by atoms with Crippen LogP contribution >= 0.6 is 0 Å². The van der Waals surface area contributed by atoms with Crippen LogP contribution in [-0.4, -0.2) is 17.2 Å². The first-order valence-electron chi connectivity index (χ1n) is 5.79. The van der Waals surface area contributed by atoms with Gasteiger partial charge >= 0.3 is 0 Å². The van der Waals surface area contributed by atoms with Gasteiger partial charge in [-0.2, -0.15) is 5.10 Å². The molecule has 0 saturated heterocycles. The fourth-order valence-electron chi connectivity index (χ4n) is 1.87. The van der Waals surface area contributed by atoms with E-state index in [4.69, 9.17) is 0 Å². The molecule has 0 spiro atoms. The first kappa shape index (κ1) is 10.9. The summed E-state index contributed by atoms with van der Waals surface area (Å²) in [5, 5.41) is 14.0. The molecule has 0 fully saturated rings. The molecule has 0 radical (unpaired) electrons. The van der Waals surface area contributed by atoms with Crippen LogP contribution in [0.3, 0.4) is 0 Å². The van der Waals surface area contributed by atoms with Gasteiger partial charge in [0.05, 0.1) is 5.69 Å². The predicted octanol–water partition coefficient (Wildman–Crippen LogP) is 3.01. The molecule has 0 aliphatic carbocycles. The number of benzene rings is 1. The Morgan fingerprint density at radius 3 is 2.56 bits per heavy atom. The maximum absolute atomic E-state index is 4.30. The molecule has 1 aromatic carbocycles. The number of hydrogen-bond donors (Lipinski definition) is 1. The second-order valence-electron chi connectivity index (χ2n) is 3.89. The molecule has 1 heterocycles. The molecular formula is C13H17N3. The smallest absolute Gasteiger partial charge is 0.156 e. The lowest BCUT2D eigenvalue weighted by molar-refractivity contribution is 0.768. The van der Waals surface area contributed by atoms with Crippen molar-refractivity contribution in [2.75, 3.05) is 12.4 Å². The number of aryl methyl sites for hydroxylation is 1. The molecule has 16 heavy (non-hydrogen) atoms. The zero-order valence-electron chi connectivity index (χ0n) is 9.83. The summed E-state index contributed by atoms with van der Waals surface area (Å²) in [5.41, 5.74) is 1.11. The summed E-state index contributed by atoms with van der Waals surface area (Å²) in [4.78, 5) is 0. The highest BCUT2D eigenvalue weighted by molar-refractivity contribution is 5.92. The largest absolute Gasteiger partial charge is 0.371 e. The van der Waals surface area contributed by atoms with Gasteiger partial charge in [0, 0.05) is 17.8 Å². The van der Waals surface area contributed by atoms with Crippen molar-refractivity contribution in [3.63, 3.8) is 0 Å². The summed E-state index contributed by atoms with van der Waals surface area (Å²) in [7, 11) is 1.88. The third-order valence-corrected chi connectivity index (χ3v) is 2.77. The van der Waals surface area contributed by atoms with E-state index in [0.717, 1.165) is 29.7 Å². The Hall–Kier alpha value is -1.64. The van der Waals surface area contributed by atoms with Crippen LogP contribution in [-0.2, 0) is 6.42 Å². The van der Waals surface area contributed by atoms with E-state index < -0.39 is 0 Å². The number of anilines is 1. The van der Waals surface area contributed by atoms with Crippen LogP contribution in [0.1, 0.15) is 25.5 Å². The van der Waals surface area contributed by atoms with Gasteiger partial charge in [-0.15, -0.1) is 5.10 Å². The topological polar surface area (TPSA) is 37.8 Å². The molecule has 1 aromatic heterocycles. The molecule has 0 aliphatic rings. The zero-order valence-corrected chi connectivity index (χ0v) is 9.83. The predicted molar refractivity (Wildman–Crippen MR) is 67.7 cm³/mol. The minimum Gasteiger partial charge on any atom is -0.371 e. The van der Waals surface area contributed by atoms with Gasteiger partial charge < -0.3 is 5.32 Å². The Morgan fingerprint density at radius 1 is 1.12 bits per heavy atom. The van der Waals surface area contributed by atoms with Crippen molar-refractivity contribution in [1.82, 2.24) is 10.2 Å². The molecule has 2 aromatic rings. The van der Waals surface area contributed by atoms with Gasteiger partial charge in [0.2, 0.25) is 0 Å². The summed E-state index contributed by atoms with van der Waals surface area (Å²) in [6.07, 6.45) is 3.36. The van der Waals surface area contributed by atoms with Gasteiger partial charge in [-0.05, 0) is 12.8 Å². The molecule has 0 atom stereocenters. The van der Waals surface area contributed by atoms with Crippen molar-refractivity contribution in [2.24, 2.45) is 0 Å². The molecule has 84 valence electrons. The summed E-state index contributed by atoms with van der Waals surface area (Å²) in [6, 6.07) is 8.30. The molecule has 0 aliphatic heterocycles. The van der Waals surface area contributed by atoms with Crippen molar-refractivity contribution in [3.05, 3.63) is 30.0 Å². The van der Waals surface area contributed by atoms with E-state index in [1.807, 2.05) is 13.1 Å². The molecule has 0 bridgehead atoms. The Labute approximate surface area is 95.9 Å². The fraction of sp³-hybridized carbons (Fsp3) is 0.385. The summed E-state index contributed by atoms with van der Waals surface area (Å²) < 4.78 is 0. The lowest BCUT2D eigenvalue weighted by Crippen LogP contribution is -2.00. The normalized spacial score (nSPS) is 10.6. The molecule has 3 heteroatoms. The maximum Gasteiger partial charge on any atom is 0.156 e. The molecule has 0 saturated carbocycles. The maximum atomic E-state index is 4.30. The van der Waals surface area contributed by atoms with Crippen LogP contribution in [0.2, 0.25) is 0 Å². The van der Waals surface area contributed by atoms with Gasteiger partial charge in [-0.1, -0.05) is 37.6 Å². The first-order valence-corrected chi connectivity index (χ1v) is 5.79. The van der Waals surface area contributed by atoms with Gasteiger partial charge in [-0.25, -0.2) is 0 Å². The third-order valence-electron chi connectivity index (χ3n) is 2.77. The van der Waals surface area contributed by atoms with Crippen LogP contribution < -0.4 is 5.32 Å². The van der Waals surface area contributed by atoms with E-state index in [1.54, 1.807) is 0 Å². The molecule has 2 rings (SSSR count). The number of aromatic nitrogens is 2. The van der Waals surface area contributed by atoms with Crippen LogP contribution in [0.25, 0.3) is 10.8 Å². The van der Waals surface area contributed by atoms with Gasteiger partial charge in [-0.3, -0.25) is 0 Å². The SMILES string of the molecule is CCCCc1nnc(NC)c2ccccc12. The van der Waals surface area contributed by atoms with Crippen molar-refractivity contribution in [3.8, 4) is 0 Å². The number of unbranched alkanes of at least 4 members (excludes halogenated alkanes) is 1. The number of fused-ring (bicyclic) bond motifs is 1. The summed E-state index contributed by atoms with van der Waals surface area (Å²) in [5.74, 6) is 0.857. The van der Waals surface area contributed by atoms with Gasteiger partial charge in [0.25, 0.3) is 0 Å². The Kier molecular flexibility index (Phi) is 3.34. The number of nitrogens with zero attached hydrogens (tertiary/aromatic N) is 2. The molecule has 0 amide bonds. The minimum absolute atomic E-state index is 0.857. The Bertz CT molecular complexity index is 480. The van der Waals surface area contributed by atoms with Crippen molar-refractivity contribution in [2.45, 2.75) is 26.2 Å². The van der Waals surface area contributed by atoms with Gasteiger partial charge in [0.1, 0.15) is 0 Å². The highest BCUT2D eigenvalue weighted by atomic mass is 15.2. The van der Waals surface area contributed by atoms with E-state index in [1.165, 1.54) is 11.8 Å². The van der Waals surface area contributed by atoms with E-state index in [0.29, 0.717) is 0 Å². The fourth-order valence-corrected chi connectivity index (χ4v) is 1.87. The number of nitrogens with one attached hydrogen (secondary N) is 1. The monoisotopic (exact) mass is 215 g/mol. The lowest BCUT2D eigenvalue weighted by Gasteiger charge is -2.07. The molecular weight excluding hydrogens is 198 g/mol. The van der Waals surface area contributed by atoms with Crippen molar-refractivity contribution in [1.29, 1.82) is 0 Å². The highest BCUT2D eigenvalue weighted by Crippen LogP contribution is 2.23. The van der Waals surface area contributed by atoms with Crippen LogP contribution in [0.15, 0.2) is 24.3 Å². The van der Waals surface area contributed by atoms with E-state index >= 15 is 0 Å². The van der Waals surface area contributed by atoms with E-state index in [2.05, 4.69) is 40.6 Å². The number of rotatable bonds is 4. The zero-order chi connectivity index (χ0) is 11.4. The van der Waals surface area contributed by atoms with E-state index in [-0.39, 0.29) is 0 Å². The molecule has 1 N–H and O–H groups in total. The van der Waals surface area contributed by atoms with Crippen LogP contribution in [0.4, 0.5) is 5.82 Å². The van der Waals surface area contributed by atoms with E-state index in [9.17, 15) is 0 Å². The summed E-state index contributed by atoms with van der Waals surface area (Å²) in [6.45, 7) is 2.19. The molecule has 3 nitrogen and oxygen atoms in total. The Balaban J connectivity index is 2.51. The number of hydrogen-bond acceptors (Lipinski definition) is 3. The van der Waals surface area contributed by atoms with Crippen molar-refractivity contribution >= 4 is 16.6 Å². The van der Waals surface area contributed by atoms with Crippen molar-refractivity contribution < 1.29 is 0 Å². The second kappa shape index (κ2) is 4.92.